The number of hydrogen-bond acceptors (Lipinski definition) is 4. The maximum absolute atomic E-state index is 10.5. The molecule has 1 saturated heterocycles. The summed E-state index contributed by atoms with van der Waals surface area (Å²) in [7, 11) is 0. The average molecular weight is 224 g/mol. The molecule has 0 unspecified atom stereocenters. The molecule has 0 bridgehead atoms. The fraction of sp³-hybridized carbons (Fsp3) is 0.636. The van der Waals surface area contributed by atoms with Gasteiger partial charge in [0.05, 0.1) is 0 Å². The van der Waals surface area contributed by atoms with Gasteiger partial charge in [0.15, 0.2) is 6.29 Å². The van der Waals surface area contributed by atoms with Crippen LogP contribution in [0, 0.1) is 0 Å². The van der Waals surface area contributed by atoms with E-state index < -0.39 is 0 Å². The summed E-state index contributed by atoms with van der Waals surface area (Å²) in [5.41, 5.74) is 0.577. The highest BCUT2D eigenvalue weighted by Crippen LogP contribution is 2.13. The van der Waals surface area contributed by atoms with Crippen LogP contribution in [0.1, 0.15) is 34.6 Å². The molecule has 15 heavy (non-hydrogen) atoms. The number of aromatic nitrogens is 1. The summed E-state index contributed by atoms with van der Waals surface area (Å²) >= 11 is 1.45. The monoisotopic (exact) mass is 224 g/mol. The third-order valence-corrected chi connectivity index (χ3v) is 3.68. The van der Waals surface area contributed by atoms with Crippen LogP contribution in [0.4, 0.5) is 0 Å². The van der Waals surface area contributed by atoms with E-state index in [2.05, 4.69) is 9.27 Å². The molecule has 1 fully saturated rings. The Bertz CT molecular complexity index is 318. The summed E-state index contributed by atoms with van der Waals surface area (Å²) in [4.78, 5) is 14.2. The molecular weight excluding hydrogens is 208 g/mol. The molecule has 0 spiro atoms. The van der Waals surface area contributed by atoms with Crippen LogP contribution in [0.2, 0.25) is 0 Å². The van der Waals surface area contributed by atoms with E-state index in [1.807, 2.05) is 6.07 Å². The molecule has 1 aliphatic heterocycles. The van der Waals surface area contributed by atoms with Crippen molar-refractivity contribution >= 4 is 17.8 Å². The molecule has 0 amide bonds. The minimum absolute atomic E-state index is 0.577. The van der Waals surface area contributed by atoms with Crippen LogP contribution in [0.5, 0.6) is 0 Å². The van der Waals surface area contributed by atoms with Crippen molar-refractivity contribution in [1.29, 1.82) is 0 Å². The highest BCUT2D eigenvalue weighted by atomic mass is 32.1. The van der Waals surface area contributed by atoms with Gasteiger partial charge in [-0.1, -0.05) is 6.42 Å². The van der Waals surface area contributed by atoms with Crippen molar-refractivity contribution in [3.8, 4) is 0 Å². The summed E-state index contributed by atoms with van der Waals surface area (Å²) < 4.78 is 4.05. The molecule has 82 valence electrons. The van der Waals surface area contributed by atoms with Crippen LogP contribution < -0.4 is 0 Å². The van der Waals surface area contributed by atoms with Gasteiger partial charge in [0.1, 0.15) is 5.69 Å². The van der Waals surface area contributed by atoms with Crippen LogP contribution in [0.25, 0.3) is 0 Å². The Balaban J connectivity index is 1.79. The van der Waals surface area contributed by atoms with E-state index in [9.17, 15) is 4.79 Å². The van der Waals surface area contributed by atoms with Crippen molar-refractivity contribution in [3.63, 3.8) is 0 Å². The molecule has 0 N–H and O–H groups in total. The van der Waals surface area contributed by atoms with E-state index in [0.717, 1.165) is 19.3 Å². The first kappa shape index (κ1) is 10.8. The minimum atomic E-state index is 0.577. The SMILES string of the molecule is O=Cc1cc(CCN2CCCCC2)sn1. The molecule has 0 aliphatic carbocycles. The Morgan fingerprint density at radius 1 is 1.40 bits per heavy atom. The topological polar surface area (TPSA) is 33.2 Å². The standard InChI is InChI=1S/C11H16N2OS/c14-9-10-8-11(15-12-10)4-7-13-5-2-1-3-6-13/h8-9H,1-7H2. The van der Waals surface area contributed by atoms with E-state index >= 15 is 0 Å². The third kappa shape index (κ3) is 3.11. The Kier molecular flexibility index (Phi) is 3.86. The first-order chi connectivity index (χ1) is 7.38. The fourth-order valence-corrected chi connectivity index (χ4v) is 2.63. The number of rotatable bonds is 4. The Morgan fingerprint density at radius 3 is 2.87 bits per heavy atom. The van der Waals surface area contributed by atoms with Gasteiger partial charge in [0.25, 0.3) is 0 Å². The van der Waals surface area contributed by atoms with Crippen LogP contribution in [-0.4, -0.2) is 35.2 Å². The maximum Gasteiger partial charge on any atom is 0.169 e. The Hall–Kier alpha value is -0.740. The van der Waals surface area contributed by atoms with Gasteiger partial charge in [0.2, 0.25) is 0 Å². The van der Waals surface area contributed by atoms with Gasteiger partial charge in [-0.05, 0) is 50.0 Å². The molecule has 2 heterocycles. The first-order valence-corrected chi connectivity index (χ1v) is 6.29. The summed E-state index contributed by atoms with van der Waals surface area (Å²) in [6.45, 7) is 3.58. The van der Waals surface area contributed by atoms with Crippen molar-refractivity contribution in [2.75, 3.05) is 19.6 Å². The average Bonchev–Trinajstić information content (AvgIpc) is 2.76. The van der Waals surface area contributed by atoms with Gasteiger partial charge in [-0.3, -0.25) is 4.79 Å². The van der Waals surface area contributed by atoms with Crippen molar-refractivity contribution in [1.82, 2.24) is 9.27 Å². The number of carbonyl (C=O) groups is 1. The number of nitrogens with zero attached hydrogens (tertiary/aromatic N) is 2. The normalized spacial score (nSPS) is 17.9. The lowest BCUT2D eigenvalue weighted by molar-refractivity contribution is 0.112. The summed E-state index contributed by atoms with van der Waals surface area (Å²) in [6.07, 6.45) is 5.91. The van der Waals surface area contributed by atoms with Crippen LogP contribution >= 0.6 is 11.5 Å². The molecule has 1 aliphatic rings. The second-order valence-corrected chi connectivity index (χ2v) is 4.88. The molecule has 2 rings (SSSR count). The van der Waals surface area contributed by atoms with Gasteiger partial charge in [-0.15, -0.1) is 0 Å². The van der Waals surface area contributed by atoms with Crippen molar-refractivity contribution in [3.05, 3.63) is 16.6 Å². The lowest BCUT2D eigenvalue weighted by Gasteiger charge is -2.25. The second kappa shape index (κ2) is 5.37. The van der Waals surface area contributed by atoms with E-state index in [4.69, 9.17) is 0 Å². The zero-order valence-corrected chi connectivity index (χ0v) is 9.63. The Labute approximate surface area is 94.3 Å². The summed E-state index contributed by atoms with van der Waals surface area (Å²) in [5.74, 6) is 0. The molecule has 0 radical (unpaired) electrons. The third-order valence-electron chi connectivity index (χ3n) is 2.82. The van der Waals surface area contributed by atoms with Gasteiger partial charge in [-0.25, -0.2) is 0 Å². The number of carbonyl (C=O) groups excluding carboxylic acids is 1. The number of likely N-dealkylation sites (tertiary alicyclic amines) is 1. The smallest absolute Gasteiger partial charge is 0.169 e. The first-order valence-electron chi connectivity index (χ1n) is 5.51. The zero-order chi connectivity index (χ0) is 10.5. The summed E-state index contributed by atoms with van der Waals surface area (Å²) in [5, 5.41) is 0. The lowest BCUT2D eigenvalue weighted by atomic mass is 10.1. The van der Waals surface area contributed by atoms with E-state index in [-0.39, 0.29) is 0 Å². The van der Waals surface area contributed by atoms with E-state index in [1.54, 1.807) is 0 Å². The molecule has 0 aromatic carbocycles. The summed E-state index contributed by atoms with van der Waals surface area (Å²) in [6, 6.07) is 1.90. The molecular formula is C11H16N2OS. The highest BCUT2D eigenvalue weighted by Gasteiger charge is 2.10. The number of aldehydes is 1. The van der Waals surface area contributed by atoms with Crippen molar-refractivity contribution in [2.45, 2.75) is 25.7 Å². The maximum atomic E-state index is 10.5. The van der Waals surface area contributed by atoms with E-state index in [0.29, 0.717) is 5.69 Å². The highest BCUT2D eigenvalue weighted by molar-refractivity contribution is 7.05. The van der Waals surface area contributed by atoms with E-state index in [1.165, 1.54) is 48.8 Å². The van der Waals surface area contributed by atoms with Gasteiger partial charge < -0.3 is 4.90 Å². The number of hydrogen-bond donors (Lipinski definition) is 0. The van der Waals surface area contributed by atoms with Gasteiger partial charge in [0, 0.05) is 11.4 Å². The van der Waals surface area contributed by atoms with Gasteiger partial charge >= 0.3 is 0 Å². The molecule has 3 nitrogen and oxygen atoms in total. The predicted molar refractivity (Wildman–Crippen MR) is 61.5 cm³/mol. The second-order valence-electron chi connectivity index (χ2n) is 3.99. The van der Waals surface area contributed by atoms with Crippen LogP contribution in [0.15, 0.2) is 6.07 Å². The predicted octanol–water partition coefficient (Wildman–Crippen LogP) is 1.98. The molecule has 4 heteroatoms. The lowest BCUT2D eigenvalue weighted by Crippen LogP contribution is -2.31. The largest absolute Gasteiger partial charge is 0.303 e. The molecule has 0 atom stereocenters. The molecule has 0 saturated carbocycles. The number of piperidine rings is 1. The van der Waals surface area contributed by atoms with Crippen molar-refractivity contribution < 1.29 is 4.79 Å². The zero-order valence-electron chi connectivity index (χ0n) is 8.82. The van der Waals surface area contributed by atoms with Crippen LogP contribution in [0.3, 0.4) is 0 Å². The van der Waals surface area contributed by atoms with Crippen LogP contribution in [-0.2, 0) is 6.42 Å². The quantitative estimate of drug-likeness (QED) is 0.733. The molecule has 1 aromatic rings. The van der Waals surface area contributed by atoms with Gasteiger partial charge in [-0.2, -0.15) is 4.37 Å². The van der Waals surface area contributed by atoms with Crippen molar-refractivity contribution in [2.24, 2.45) is 0 Å². The fourth-order valence-electron chi connectivity index (χ4n) is 1.95. The Morgan fingerprint density at radius 2 is 2.20 bits per heavy atom. The molecule has 1 aromatic heterocycles. The minimum Gasteiger partial charge on any atom is -0.303 e.